The SMILES string of the molecule is CC1CN(C(=O)Cc2cc(=O)[nH][nH]c2=O)CCN1c1ccc(F)cn1. The van der Waals surface area contributed by atoms with Gasteiger partial charge in [0.2, 0.25) is 5.91 Å². The number of rotatable bonds is 3. The molecule has 25 heavy (non-hydrogen) atoms. The van der Waals surface area contributed by atoms with E-state index in [0.717, 1.165) is 6.07 Å². The van der Waals surface area contributed by atoms with Crippen molar-refractivity contribution in [3.05, 3.63) is 56.5 Å². The number of piperazine rings is 1. The Morgan fingerprint density at radius 1 is 1.32 bits per heavy atom. The maximum atomic E-state index is 13.0. The molecular weight excluding hydrogens is 329 g/mol. The van der Waals surface area contributed by atoms with Crippen molar-refractivity contribution < 1.29 is 9.18 Å². The molecule has 2 N–H and O–H groups in total. The summed E-state index contributed by atoms with van der Waals surface area (Å²) in [5.74, 6) is 0.0509. The van der Waals surface area contributed by atoms with Crippen LogP contribution in [0.25, 0.3) is 0 Å². The van der Waals surface area contributed by atoms with Crippen LogP contribution in [0.5, 0.6) is 0 Å². The summed E-state index contributed by atoms with van der Waals surface area (Å²) in [4.78, 5) is 43.1. The first-order valence-electron chi connectivity index (χ1n) is 7.91. The first kappa shape index (κ1) is 16.9. The lowest BCUT2D eigenvalue weighted by atomic mass is 10.1. The number of aromatic amines is 2. The van der Waals surface area contributed by atoms with Gasteiger partial charge in [-0.25, -0.2) is 9.37 Å². The predicted octanol–water partition coefficient (Wildman–Crippen LogP) is -0.123. The number of aromatic nitrogens is 3. The molecule has 1 atom stereocenters. The fraction of sp³-hybridized carbons (Fsp3) is 0.375. The molecule has 0 radical (unpaired) electrons. The van der Waals surface area contributed by atoms with Crippen LogP contribution in [-0.2, 0) is 11.2 Å². The van der Waals surface area contributed by atoms with Crippen LogP contribution in [0.3, 0.4) is 0 Å². The summed E-state index contributed by atoms with van der Waals surface area (Å²) in [6, 6.07) is 4.09. The van der Waals surface area contributed by atoms with Crippen molar-refractivity contribution in [3.63, 3.8) is 0 Å². The summed E-state index contributed by atoms with van der Waals surface area (Å²) in [7, 11) is 0. The van der Waals surface area contributed by atoms with Crippen LogP contribution in [0.15, 0.2) is 34.0 Å². The van der Waals surface area contributed by atoms with Crippen molar-refractivity contribution in [2.24, 2.45) is 0 Å². The quantitative estimate of drug-likeness (QED) is 0.806. The molecule has 0 spiro atoms. The average molecular weight is 347 g/mol. The molecule has 2 aromatic rings. The summed E-state index contributed by atoms with van der Waals surface area (Å²) < 4.78 is 13.0. The van der Waals surface area contributed by atoms with Crippen molar-refractivity contribution in [1.29, 1.82) is 0 Å². The van der Waals surface area contributed by atoms with E-state index >= 15 is 0 Å². The van der Waals surface area contributed by atoms with Gasteiger partial charge in [-0.1, -0.05) is 0 Å². The van der Waals surface area contributed by atoms with E-state index in [1.807, 2.05) is 11.8 Å². The minimum absolute atomic E-state index is 0.00637. The van der Waals surface area contributed by atoms with Crippen LogP contribution in [-0.4, -0.2) is 51.7 Å². The molecule has 1 aliphatic rings. The molecule has 132 valence electrons. The maximum Gasteiger partial charge on any atom is 0.266 e. The molecule has 9 heteroatoms. The second-order valence-corrected chi connectivity index (χ2v) is 6.01. The van der Waals surface area contributed by atoms with Crippen LogP contribution in [0, 0.1) is 5.82 Å². The van der Waals surface area contributed by atoms with Crippen molar-refractivity contribution in [2.45, 2.75) is 19.4 Å². The van der Waals surface area contributed by atoms with Crippen LogP contribution in [0.2, 0.25) is 0 Å². The van der Waals surface area contributed by atoms with Gasteiger partial charge in [0, 0.05) is 37.3 Å². The Morgan fingerprint density at radius 3 is 2.80 bits per heavy atom. The molecule has 3 heterocycles. The number of amides is 1. The smallest absolute Gasteiger partial charge is 0.266 e. The molecule has 0 bridgehead atoms. The highest BCUT2D eigenvalue weighted by molar-refractivity contribution is 5.79. The van der Waals surface area contributed by atoms with E-state index in [4.69, 9.17) is 0 Å². The number of anilines is 1. The molecule has 1 amide bonds. The Bertz CT molecular complexity index is 876. The minimum Gasteiger partial charge on any atom is -0.350 e. The molecule has 1 aliphatic heterocycles. The number of halogens is 1. The molecule has 0 aromatic carbocycles. The average Bonchev–Trinajstić information content (AvgIpc) is 2.59. The standard InChI is InChI=1S/C16H18FN5O3/c1-10-9-21(4-5-22(10)13-3-2-12(17)8-18-13)15(24)7-11-6-14(23)19-20-16(11)25/h2-3,6,8,10H,4-5,7,9H2,1H3,(H,19,23)(H,20,25). The maximum absolute atomic E-state index is 13.0. The molecular formula is C16H18FN5O3. The molecule has 2 aromatic heterocycles. The van der Waals surface area contributed by atoms with Crippen LogP contribution in [0.1, 0.15) is 12.5 Å². The van der Waals surface area contributed by atoms with Crippen molar-refractivity contribution in [3.8, 4) is 0 Å². The lowest BCUT2D eigenvalue weighted by molar-refractivity contribution is -0.131. The number of nitrogens with zero attached hydrogens (tertiary/aromatic N) is 3. The fourth-order valence-electron chi connectivity index (χ4n) is 2.93. The number of pyridine rings is 1. The lowest BCUT2D eigenvalue weighted by Crippen LogP contribution is -2.54. The monoisotopic (exact) mass is 347 g/mol. The Balaban J connectivity index is 1.67. The zero-order chi connectivity index (χ0) is 18.0. The van der Waals surface area contributed by atoms with Crippen LogP contribution < -0.4 is 16.0 Å². The summed E-state index contributed by atoms with van der Waals surface area (Å²) in [5, 5.41) is 4.38. The third-order valence-electron chi connectivity index (χ3n) is 4.22. The van der Waals surface area contributed by atoms with E-state index in [-0.39, 0.29) is 23.9 Å². The summed E-state index contributed by atoms with van der Waals surface area (Å²) in [6.45, 7) is 3.42. The molecule has 1 saturated heterocycles. The Kier molecular flexibility index (Phi) is 4.64. The minimum atomic E-state index is -0.477. The predicted molar refractivity (Wildman–Crippen MR) is 89.0 cm³/mol. The number of carbonyl (C=O) groups excluding carboxylic acids is 1. The lowest BCUT2D eigenvalue weighted by Gasteiger charge is -2.40. The fourth-order valence-corrected chi connectivity index (χ4v) is 2.93. The first-order chi connectivity index (χ1) is 11.9. The summed E-state index contributed by atoms with van der Waals surface area (Å²) in [5.41, 5.74) is -0.790. The van der Waals surface area contributed by atoms with Gasteiger partial charge in [0.05, 0.1) is 12.6 Å². The van der Waals surface area contributed by atoms with E-state index in [1.54, 1.807) is 11.0 Å². The highest BCUT2D eigenvalue weighted by Gasteiger charge is 2.27. The highest BCUT2D eigenvalue weighted by atomic mass is 19.1. The third-order valence-corrected chi connectivity index (χ3v) is 4.22. The van der Waals surface area contributed by atoms with E-state index in [0.29, 0.717) is 25.5 Å². The van der Waals surface area contributed by atoms with E-state index in [1.165, 1.54) is 12.3 Å². The number of nitrogens with one attached hydrogen (secondary N) is 2. The van der Waals surface area contributed by atoms with Crippen molar-refractivity contribution >= 4 is 11.7 Å². The van der Waals surface area contributed by atoms with Gasteiger partial charge in [0.25, 0.3) is 11.1 Å². The Morgan fingerprint density at radius 2 is 2.12 bits per heavy atom. The number of hydrogen-bond acceptors (Lipinski definition) is 5. The zero-order valence-corrected chi connectivity index (χ0v) is 13.7. The van der Waals surface area contributed by atoms with E-state index < -0.39 is 16.9 Å². The molecule has 1 unspecified atom stereocenters. The van der Waals surface area contributed by atoms with Crippen molar-refractivity contribution in [2.75, 3.05) is 24.5 Å². The molecule has 0 aliphatic carbocycles. The molecule has 3 rings (SSSR count). The summed E-state index contributed by atoms with van der Waals surface area (Å²) in [6.07, 6.45) is 1.04. The van der Waals surface area contributed by atoms with Crippen LogP contribution >= 0.6 is 0 Å². The van der Waals surface area contributed by atoms with Gasteiger partial charge in [0.1, 0.15) is 11.6 Å². The largest absolute Gasteiger partial charge is 0.350 e. The van der Waals surface area contributed by atoms with Gasteiger partial charge in [-0.3, -0.25) is 24.6 Å². The van der Waals surface area contributed by atoms with Gasteiger partial charge in [0.15, 0.2) is 0 Å². The number of carbonyl (C=O) groups is 1. The Labute approximate surface area is 142 Å². The van der Waals surface area contributed by atoms with Crippen LogP contribution in [0.4, 0.5) is 10.2 Å². The van der Waals surface area contributed by atoms with Gasteiger partial charge < -0.3 is 9.80 Å². The van der Waals surface area contributed by atoms with Gasteiger partial charge in [-0.2, -0.15) is 0 Å². The molecule has 8 nitrogen and oxygen atoms in total. The van der Waals surface area contributed by atoms with Gasteiger partial charge in [-0.05, 0) is 19.1 Å². The van der Waals surface area contributed by atoms with Gasteiger partial charge in [-0.15, -0.1) is 0 Å². The Hall–Kier alpha value is -2.97. The normalized spacial score (nSPS) is 17.6. The number of H-pyrrole nitrogens is 2. The first-order valence-corrected chi connectivity index (χ1v) is 7.91. The van der Waals surface area contributed by atoms with Crippen molar-refractivity contribution in [1.82, 2.24) is 20.1 Å². The van der Waals surface area contributed by atoms with E-state index in [9.17, 15) is 18.8 Å². The van der Waals surface area contributed by atoms with Gasteiger partial charge >= 0.3 is 0 Å². The number of hydrogen-bond donors (Lipinski definition) is 2. The molecule has 1 fully saturated rings. The molecule has 0 saturated carbocycles. The second kappa shape index (κ2) is 6.88. The van der Waals surface area contributed by atoms with E-state index in [2.05, 4.69) is 15.2 Å². The summed E-state index contributed by atoms with van der Waals surface area (Å²) >= 11 is 0. The second-order valence-electron chi connectivity index (χ2n) is 6.01. The highest BCUT2D eigenvalue weighted by Crippen LogP contribution is 2.18. The zero-order valence-electron chi connectivity index (χ0n) is 13.7. The third kappa shape index (κ3) is 3.76. The topological polar surface area (TPSA) is 102 Å².